The average Bonchev–Trinajstić information content (AvgIpc) is 2.78. The number of aliphatic hydroxyl groups is 1. The molecule has 0 aromatic carbocycles. The first kappa shape index (κ1) is 15.3. The molecule has 0 aromatic heterocycles. The van der Waals surface area contributed by atoms with Crippen molar-refractivity contribution in [1.29, 1.82) is 0 Å². The molecule has 0 spiro atoms. The van der Waals surface area contributed by atoms with E-state index in [1.54, 1.807) is 0 Å². The summed E-state index contributed by atoms with van der Waals surface area (Å²) in [5.74, 6) is 1.49. The minimum atomic E-state index is -0.419. The second-order valence-corrected chi connectivity index (χ2v) is 7.14. The van der Waals surface area contributed by atoms with Gasteiger partial charge in [0.1, 0.15) is 0 Å². The van der Waals surface area contributed by atoms with Crippen molar-refractivity contribution in [3.8, 4) is 0 Å². The molecule has 0 heterocycles. The summed E-state index contributed by atoms with van der Waals surface area (Å²) in [5, 5.41) is 10.5. The predicted octanol–water partition coefficient (Wildman–Crippen LogP) is 2.38. The predicted molar refractivity (Wildman–Crippen MR) is 80.0 cm³/mol. The monoisotopic (exact) mass is 268 g/mol. The molecule has 3 nitrogen and oxygen atoms in total. The van der Waals surface area contributed by atoms with Crippen molar-refractivity contribution in [3.05, 3.63) is 0 Å². The SMILES string of the molecule is CCC1CCC(N)C(CN(C)CC2(O)CCCC2)C1. The van der Waals surface area contributed by atoms with E-state index in [1.165, 1.54) is 38.5 Å². The van der Waals surface area contributed by atoms with Crippen LogP contribution in [0.2, 0.25) is 0 Å². The van der Waals surface area contributed by atoms with Gasteiger partial charge in [-0.3, -0.25) is 0 Å². The van der Waals surface area contributed by atoms with E-state index >= 15 is 0 Å². The van der Waals surface area contributed by atoms with Crippen molar-refractivity contribution in [2.45, 2.75) is 69.9 Å². The summed E-state index contributed by atoms with van der Waals surface area (Å²) in [6.45, 7) is 4.18. The van der Waals surface area contributed by atoms with Gasteiger partial charge in [0.15, 0.2) is 0 Å². The van der Waals surface area contributed by atoms with E-state index in [9.17, 15) is 5.11 Å². The molecule has 19 heavy (non-hydrogen) atoms. The first-order chi connectivity index (χ1) is 9.02. The Morgan fingerprint density at radius 3 is 2.58 bits per heavy atom. The summed E-state index contributed by atoms with van der Waals surface area (Å²) >= 11 is 0. The van der Waals surface area contributed by atoms with E-state index in [0.29, 0.717) is 12.0 Å². The van der Waals surface area contributed by atoms with Gasteiger partial charge < -0.3 is 15.7 Å². The summed E-state index contributed by atoms with van der Waals surface area (Å²) < 4.78 is 0. The van der Waals surface area contributed by atoms with Gasteiger partial charge in [-0.15, -0.1) is 0 Å². The van der Waals surface area contributed by atoms with Crippen molar-refractivity contribution in [1.82, 2.24) is 4.90 Å². The second-order valence-electron chi connectivity index (χ2n) is 7.14. The molecule has 0 saturated heterocycles. The molecule has 3 N–H and O–H groups in total. The van der Waals surface area contributed by atoms with Crippen LogP contribution >= 0.6 is 0 Å². The van der Waals surface area contributed by atoms with Gasteiger partial charge in [-0.05, 0) is 51.0 Å². The molecule has 2 fully saturated rings. The number of hydrogen-bond acceptors (Lipinski definition) is 3. The van der Waals surface area contributed by atoms with Gasteiger partial charge in [0.25, 0.3) is 0 Å². The standard InChI is InChI=1S/C16H32N2O/c1-3-13-6-7-15(17)14(10-13)11-18(2)12-16(19)8-4-5-9-16/h13-15,19H,3-12,17H2,1-2H3. The lowest BCUT2D eigenvalue weighted by molar-refractivity contribution is 0.00932. The lowest BCUT2D eigenvalue weighted by Gasteiger charge is -2.37. The highest BCUT2D eigenvalue weighted by Crippen LogP contribution is 2.33. The van der Waals surface area contributed by atoms with Crippen molar-refractivity contribution in [2.24, 2.45) is 17.6 Å². The zero-order valence-corrected chi connectivity index (χ0v) is 12.8. The van der Waals surface area contributed by atoms with Crippen LogP contribution in [0.3, 0.4) is 0 Å². The smallest absolute Gasteiger partial charge is 0.0774 e. The van der Waals surface area contributed by atoms with E-state index in [-0.39, 0.29) is 0 Å². The molecule has 0 aromatic rings. The fraction of sp³-hybridized carbons (Fsp3) is 1.00. The fourth-order valence-corrected chi connectivity index (χ4v) is 4.12. The summed E-state index contributed by atoms with van der Waals surface area (Å²) in [6, 6.07) is 0.364. The van der Waals surface area contributed by atoms with Gasteiger partial charge in [-0.1, -0.05) is 26.2 Å². The molecule has 2 rings (SSSR count). The molecular weight excluding hydrogens is 236 g/mol. The van der Waals surface area contributed by atoms with E-state index < -0.39 is 5.60 Å². The molecule has 3 heteroatoms. The van der Waals surface area contributed by atoms with E-state index in [2.05, 4.69) is 18.9 Å². The van der Waals surface area contributed by atoms with Crippen molar-refractivity contribution in [2.75, 3.05) is 20.1 Å². The lowest BCUT2D eigenvalue weighted by Crippen LogP contribution is -2.46. The maximum absolute atomic E-state index is 10.5. The summed E-state index contributed by atoms with van der Waals surface area (Å²) in [6.07, 6.45) is 9.38. The Hall–Kier alpha value is -0.120. The Bertz CT molecular complexity index is 276. The van der Waals surface area contributed by atoms with Crippen LogP contribution in [0.15, 0.2) is 0 Å². The molecule has 0 bridgehead atoms. The van der Waals surface area contributed by atoms with Crippen LogP contribution in [0.4, 0.5) is 0 Å². The summed E-state index contributed by atoms with van der Waals surface area (Å²) in [5.41, 5.74) is 5.88. The van der Waals surface area contributed by atoms with Crippen LogP contribution in [0.5, 0.6) is 0 Å². The van der Waals surface area contributed by atoms with Crippen molar-refractivity contribution < 1.29 is 5.11 Å². The number of rotatable bonds is 5. The van der Waals surface area contributed by atoms with Crippen LogP contribution < -0.4 is 5.73 Å². The van der Waals surface area contributed by atoms with Gasteiger partial charge in [0.2, 0.25) is 0 Å². The molecule has 3 atom stereocenters. The highest BCUT2D eigenvalue weighted by Gasteiger charge is 2.34. The molecule has 2 saturated carbocycles. The Morgan fingerprint density at radius 2 is 1.95 bits per heavy atom. The van der Waals surface area contributed by atoms with E-state index in [1.807, 2.05) is 0 Å². The zero-order chi connectivity index (χ0) is 13.9. The van der Waals surface area contributed by atoms with Crippen molar-refractivity contribution in [3.63, 3.8) is 0 Å². The van der Waals surface area contributed by atoms with Crippen LogP contribution in [0.1, 0.15) is 58.3 Å². The molecule has 112 valence electrons. The first-order valence-electron chi connectivity index (χ1n) is 8.19. The van der Waals surface area contributed by atoms with Crippen LogP contribution in [0.25, 0.3) is 0 Å². The molecular formula is C16H32N2O. The van der Waals surface area contributed by atoms with Crippen LogP contribution in [0, 0.1) is 11.8 Å². The molecule has 2 aliphatic carbocycles. The number of hydrogen-bond donors (Lipinski definition) is 2. The average molecular weight is 268 g/mol. The van der Waals surface area contributed by atoms with Gasteiger partial charge in [0, 0.05) is 19.1 Å². The minimum Gasteiger partial charge on any atom is -0.389 e. The largest absolute Gasteiger partial charge is 0.389 e. The number of nitrogens with zero attached hydrogens (tertiary/aromatic N) is 1. The maximum atomic E-state index is 10.5. The Morgan fingerprint density at radius 1 is 1.26 bits per heavy atom. The Labute approximate surface area is 118 Å². The summed E-state index contributed by atoms with van der Waals surface area (Å²) in [7, 11) is 2.15. The summed E-state index contributed by atoms with van der Waals surface area (Å²) in [4.78, 5) is 2.33. The third kappa shape index (κ3) is 4.17. The molecule has 3 unspecified atom stereocenters. The third-order valence-electron chi connectivity index (χ3n) is 5.37. The second kappa shape index (κ2) is 6.55. The quantitative estimate of drug-likeness (QED) is 0.805. The fourth-order valence-electron chi connectivity index (χ4n) is 4.12. The van der Waals surface area contributed by atoms with Crippen molar-refractivity contribution >= 4 is 0 Å². The lowest BCUT2D eigenvalue weighted by atomic mass is 9.77. The molecule has 0 amide bonds. The molecule has 2 aliphatic rings. The maximum Gasteiger partial charge on any atom is 0.0774 e. The minimum absolute atomic E-state index is 0.364. The Balaban J connectivity index is 1.81. The van der Waals surface area contributed by atoms with Crippen LogP contribution in [-0.4, -0.2) is 41.8 Å². The molecule has 0 radical (unpaired) electrons. The highest BCUT2D eigenvalue weighted by atomic mass is 16.3. The van der Waals surface area contributed by atoms with Gasteiger partial charge in [-0.2, -0.15) is 0 Å². The molecule has 0 aliphatic heterocycles. The topological polar surface area (TPSA) is 49.5 Å². The van der Waals surface area contributed by atoms with E-state index in [4.69, 9.17) is 5.73 Å². The van der Waals surface area contributed by atoms with Gasteiger partial charge in [-0.25, -0.2) is 0 Å². The van der Waals surface area contributed by atoms with Crippen LogP contribution in [-0.2, 0) is 0 Å². The van der Waals surface area contributed by atoms with Gasteiger partial charge >= 0.3 is 0 Å². The zero-order valence-electron chi connectivity index (χ0n) is 12.8. The third-order valence-corrected chi connectivity index (χ3v) is 5.37. The number of likely N-dealkylation sites (N-methyl/N-ethyl adjacent to an activating group) is 1. The van der Waals surface area contributed by atoms with E-state index in [0.717, 1.165) is 31.8 Å². The van der Waals surface area contributed by atoms with Gasteiger partial charge in [0.05, 0.1) is 5.60 Å². The Kier molecular flexibility index (Phi) is 5.27. The normalized spacial score (nSPS) is 34.9. The first-order valence-corrected chi connectivity index (χ1v) is 8.19. The number of nitrogens with two attached hydrogens (primary N) is 1. The highest BCUT2D eigenvalue weighted by molar-refractivity contribution is 4.89.